The van der Waals surface area contributed by atoms with E-state index >= 15 is 0 Å². The summed E-state index contributed by atoms with van der Waals surface area (Å²) in [6.07, 6.45) is 2.37. The molecule has 7 heteroatoms. The summed E-state index contributed by atoms with van der Waals surface area (Å²) in [5.41, 5.74) is 1.54. The van der Waals surface area contributed by atoms with Crippen molar-refractivity contribution in [2.45, 2.75) is 50.2 Å². The van der Waals surface area contributed by atoms with Crippen LogP contribution in [0.1, 0.15) is 54.4 Å². The van der Waals surface area contributed by atoms with Crippen molar-refractivity contribution in [3.63, 3.8) is 0 Å². The second-order valence-corrected chi connectivity index (χ2v) is 9.12. The molecule has 0 spiro atoms. The Bertz CT molecular complexity index is 988. The van der Waals surface area contributed by atoms with Crippen LogP contribution >= 0.6 is 0 Å². The smallest absolute Gasteiger partial charge is 0.315 e. The van der Waals surface area contributed by atoms with Crippen LogP contribution in [-0.2, 0) is 25.9 Å². The fourth-order valence-electron chi connectivity index (χ4n) is 3.41. The molecule has 2 heterocycles. The van der Waals surface area contributed by atoms with Crippen LogP contribution < -0.4 is 0 Å². The first-order chi connectivity index (χ1) is 12.7. The zero-order chi connectivity index (χ0) is 19.8. The maximum Gasteiger partial charge on any atom is 0.315 e. The molecule has 0 bridgehead atoms. The summed E-state index contributed by atoms with van der Waals surface area (Å²) in [5.74, 6) is -0.920. The highest BCUT2D eigenvalue weighted by Crippen LogP contribution is 2.31. The average molecular weight is 389 g/mol. The largest absolute Gasteiger partial charge is 0.462 e. The van der Waals surface area contributed by atoms with E-state index in [0.29, 0.717) is 24.2 Å². The third-order valence-electron chi connectivity index (χ3n) is 4.64. The fourth-order valence-corrected chi connectivity index (χ4v) is 4.07. The van der Waals surface area contributed by atoms with Crippen molar-refractivity contribution >= 4 is 21.6 Å². The number of benzene rings is 1. The maximum atomic E-state index is 13.0. The molecule has 0 amide bonds. The van der Waals surface area contributed by atoms with Crippen LogP contribution in [-0.4, -0.2) is 37.1 Å². The van der Waals surface area contributed by atoms with Gasteiger partial charge >= 0.3 is 5.97 Å². The molecular weight excluding hydrogens is 366 g/mol. The number of carbonyl (C=O) groups is 2. The number of aromatic nitrogens is 1. The van der Waals surface area contributed by atoms with Crippen LogP contribution in [0.3, 0.4) is 0 Å². The lowest BCUT2D eigenvalue weighted by atomic mass is 9.96. The Morgan fingerprint density at radius 1 is 1.19 bits per heavy atom. The van der Waals surface area contributed by atoms with Gasteiger partial charge in [0.15, 0.2) is 9.84 Å². The summed E-state index contributed by atoms with van der Waals surface area (Å²) in [7, 11) is -3.40. The van der Waals surface area contributed by atoms with Crippen LogP contribution in [0.2, 0.25) is 0 Å². The predicted molar refractivity (Wildman–Crippen MR) is 101 cm³/mol. The molecule has 1 unspecified atom stereocenters. The number of ether oxygens (including phenoxy) is 1. The average Bonchev–Trinajstić information content (AvgIpc) is 3.04. The number of rotatable bonds is 5. The van der Waals surface area contributed by atoms with Crippen molar-refractivity contribution in [1.82, 2.24) is 4.57 Å². The summed E-state index contributed by atoms with van der Waals surface area (Å²) in [5, 5.41) is 0. The Hall–Kier alpha value is -2.41. The van der Waals surface area contributed by atoms with Gasteiger partial charge in [-0.05, 0) is 51.0 Å². The van der Waals surface area contributed by atoms with Gasteiger partial charge in [0, 0.05) is 24.1 Å². The van der Waals surface area contributed by atoms with Gasteiger partial charge in [-0.1, -0.05) is 12.1 Å². The van der Waals surface area contributed by atoms with Gasteiger partial charge in [0.2, 0.25) is 5.78 Å². The van der Waals surface area contributed by atoms with Gasteiger partial charge in [-0.15, -0.1) is 0 Å². The van der Waals surface area contributed by atoms with Gasteiger partial charge in [0.05, 0.1) is 22.6 Å². The van der Waals surface area contributed by atoms with Gasteiger partial charge < -0.3 is 9.30 Å². The molecule has 6 nitrogen and oxygen atoms in total. The first-order valence-electron chi connectivity index (χ1n) is 8.93. The molecule has 0 fully saturated rings. The van der Waals surface area contributed by atoms with E-state index in [2.05, 4.69) is 0 Å². The minimum atomic E-state index is -3.40. The van der Waals surface area contributed by atoms with Gasteiger partial charge in [-0.2, -0.15) is 0 Å². The first-order valence-corrected chi connectivity index (χ1v) is 10.8. The van der Waals surface area contributed by atoms with E-state index in [1.807, 2.05) is 18.4 Å². The molecule has 1 atom stereocenters. The number of hydrogen-bond acceptors (Lipinski definition) is 5. The van der Waals surface area contributed by atoms with Crippen molar-refractivity contribution in [3.05, 3.63) is 53.3 Å². The van der Waals surface area contributed by atoms with Crippen molar-refractivity contribution in [2.24, 2.45) is 0 Å². The van der Waals surface area contributed by atoms with Crippen LogP contribution in [0.15, 0.2) is 41.3 Å². The molecule has 0 aliphatic carbocycles. The number of fused-ring (bicyclic) bond motifs is 1. The van der Waals surface area contributed by atoms with Crippen LogP contribution in [0.5, 0.6) is 0 Å². The van der Waals surface area contributed by atoms with Crippen LogP contribution in [0.25, 0.3) is 0 Å². The quantitative estimate of drug-likeness (QED) is 0.580. The molecule has 0 saturated heterocycles. The third-order valence-corrected chi connectivity index (χ3v) is 5.75. The lowest BCUT2D eigenvalue weighted by molar-refractivity contribution is -0.149. The van der Waals surface area contributed by atoms with Crippen molar-refractivity contribution in [2.75, 3.05) is 6.26 Å². The molecule has 0 radical (unpaired) electrons. The standard InChI is InChI=1S/C20H23NO5S/c1-13(2)26-20(23)16-8-5-11-21-17(16)9-10-18(21)19(22)14-6-4-7-15(12-14)27(3,24)25/h4,6-7,9-10,12-13,16H,5,8,11H2,1-3H3. The van der Waals surface area contributed by atoms with Gasteiger partial charge in [-0.3, -0.25) is 9.59 Å². The zero-order valence-electron chi connectivity index (χ0n) is 15.6. The molecule has 1 aliphatic rings. The summed E-state index contributed by atoms with van der Waals surface area (Å²) >= 11 is 0. The van der Waals surface area contributed by atoms with E-state index in [0.717, 1.165) is 18.4 Å². The molecule has 1 aromatic heterocycles. The van der Waals surface area contributed by atoms with E-state index in [1.165, 1.54) is 12.1 Å². The summed E-state index contributed by atoms with van der Waals surface area (Å²) in [4.78, 5) is 25.5. The van der Waals surface area contributed by atoms with Crippen molar-refractivity contribution in [3.8, 4) is 0 Å². The normalized spacial score (nSPS) is 16.8. The monoisotopic (exact) mass is 389 g/mol. The highest BCUT2D eigenvalue weighted by atomic mass is 32.2. The predicted octanol–water partition coefficient (Wildman–Crippen LogP) is 2.95. The van der Waals surface area contributed by atoms with E-state index in [1.54, 1.807) is 24.3 Å². The topological polar surface area (TPSA) is 82.4 Å². The highest BCUT2D eigenvalue weighted by molar-refractivity contribution is 7.90. The van der Waals surface area contributed by atoms with Crippen molar-refractivity contribution in [1.29, 1.82) is 0 Å². The highest BCUT2D eigenvalue weighted by Gasteiger charge is 2.31. The Labute approximate surface area is 159 Å². The molecule has 27 heavy (non-hydrogen) atoms. The second-order valence-electron chi connectivity index (χ2n) is 7.10. The van der Waals surface area contributed by atoms with E-state index in [4.69, 9.17) is 4.74 Å². The number of esters is 1. The van der Waals surface area contributed by atoms with E-state index in [9.17, 15) is 18.0 Å². The Morgan fingerprint density at radius 3 is 2.59 bits per heavy atom. The Kier molecular flexibility index (Phi) is 5.24. The lowest BCUT2D eigenvalue weighted by Gasteiger charge is -2.25. The first kappa shape index (κ1) is 19.4. The molecule has 1 aromatic carbocycles. The third kappa shape index (κ3) is 3.98. The number of nitrogens with zero attached hydrogens (tertiary/aromatic N) is 1. The fraction of sp³-hybridized carbons (Fsp3) is 0.400. The minimum absolute atomic E-state index is 0.108. The Balaban J connectivity index is 1.95. The summed E-state index contributed by atoms with van der Waals surface area (Å²) in [6.45, 7) is 4.26. The maximum absolute atomic E-state index is 13.0. The molecule has 3 rings (SSSR count). The molecule has 2 aromatic rings. The van der Waals surface area contributed by atoms with Gasteiger partial charge in [0.25, 0.3) is 0 Å². The molecule has 0 N–H and O–H groups in total. The van der Waals surface area contributed by atoms with E-state index < -0.39 is 9.84 Å². The zero-order valence-corrected chi connectivity index (χ0v) is 16.5. The summed E-state index contributed by atoms with van der Waals surface area (Å²) < 4.78 is 30.7. The lowest BCUT2D eigenvalue weighted by Crippen LogP contribution is -2.27. The summed E-state index contributed by atoms with van der Waals surface area (Å²) in [6, 6.07) is 9.52. The number of ketones is 1. The van der Waals surface area contributed by atoms with Gasteiger partial charge in [-0.25, -0.2) is 8.42 Å². The number of carbonyl (C=O) groups excluding carboxylic acids is 2. The van der Waals surface area contributed by atoms with Crippen LogP contribution in [0.4, 0.5) is 0 Å². The van der Waals surface area contributed by atoms with Gasteiger partial charge in [0.1, 0.15) is 0 Å². The minimum Gasteiger partial charge on any atom is -0.462 e. The SMILES string of the molecule is CC(C)OC(=O)C1CCCn2c(C(=O)c3cccc(S(C)(=O)=O)c3)ccc21. The second kappa shape index (κ2) is 7.31. The Morgan fingerprint density at radius 2 is 1.93 bits per heavy atom. The van der Waals surface area contributed by atoms with Crippen molar-refractivity contribution < 1.29 is 22.7 Å². The number of sulfone groups is 1. The molecule has 144 valence electrons. The molecular formula is C20H23NO5S. The number of hydrogen-bond donors (Lipinski definition) is 0. The molecule has 0 saturated carbocycles. The van der Waals surface area contributed by atoms with Crippen LogP contribution in [0, 0.1) is 0 Å². The van der Waals surface area contributed by atoms with E-state index in [-0.39, 0.29) is 28.7 Å². The molecule has 1 aliphatic heterocycles.